The molecule has 0 radical (unpaired) electrons. The minimum Gasteiger partial charge on any atom is -0.296 e. The molecule has 3 aromatic rings. The van der Waals surface area contributed by atoms with Crippen molar-refractivity contribution in [3.8, 4) is 11.3 Å². The molecule has 0 aliphatic carbocycles. The number of nitrogens with zero attached hydrogens (tertiary/aromatic N) is 4. The number of nitrogens with one attached hydrogen (secondary N) is 1. The van der Waals surface area contributed by atoms with Gasteiger partial charge < -0.3 is 0 Å². The smallest absolute Gasteiger partial charge is 0.296 e. The van der Waals surface area contributed by atoms with Gasteiger partial charge in [0.25, 0.3) is 5.91 Å². The Morgan fingerprint density at radius 2 is 2.06 bits per heavy atom. The Hall–Kier alpha value is -2.63. The highest BCUT2D eigenvalue weighted by molar-refractivity contribution is 7.16. The molecule has 0 bridgehead atoms. The van der Waals surface area contributed by atoms with Gasteiger partial charge in [0.05, 0.1) is 23.7 Å². The lowest BCUT2D eigenvalue weighted by Crippen LogP contribution is -2.28. The van der Waals surface area contributed by atoms with E-state index in [2.05, 4.69) is 32.1 Å². The van der Waals surface area contributed by atoms with E-state index in [-0.39, 0.29) is 27.2 Å². The van der Waals surface area contributed by atoms with Gasteiger partial charge >= 0.3 is 6.18 Å². The Morgan fingerprint density at radius 3 is 2.74 bits per heavy atom. The minimum absolute atomic E-state index is 0.00148. The van der Waals surface area contributed by atoms with E-state index in [1.165, 1.54) is 12.4 Å². The molecular weight excluding hydrogens is 494 g/mol. The molecule has 1 aliphatic heterocycles. The largest absolute Gasteiger partial charge is 0.416 e. The number of thiazole rings is 1. The van der Waals surface area contributed by atoms with Crippen LogP contribution in [0.1, 0.15) is 47.1 Å². The highest BCUT2D eigenvalue weighted by Gasteiger charge is 2.32. The zero-order chi connectivity index (χ0) is 24.5. The number of hydrogen-bond donors (Lipinski definition) is 1. The van der Waals surface area contributed by atoms with Crippen molar-refractivity contribution in [3.05, 3.63) is 57.7 Å². The van der Waals surface area contributed by atoms with Gasteiger partial charge in [0.1, 0.15) is 16.7 Å². The first kappa shape index (κ1) is 24.5. The highest BCUT2D eigenvalue weighted by Crippen LogP contribution is 2.38. The summed E-state index contributed by atoms with van der Waals surface area (Å²) in [6, 6.07) is 2.69. The van der Waals surface area contributed by atoms with Crippen LogP contribution in [0.15, 0.2) is 30.6 Å². The third-order valence-corrected chi connectivity index (χ3v) is 6.74. The number of carbonyl (C=O) groups is 1. The van der Waals surface area contributed by atoms with Gasteiger partial charge in [-0.1, -0.05) is 29.9 Å². The van der Waals surface area contributed by atoms with Crippen molar-refractivity contribution >= 4 is 34.0 Å². The Balaban J connectivity index is 1.70. The maximum absolute atomic E-state index is 14.1. The zero-order valence-corrected chi connectivity index (χ0v) is 19.6. The maximum atomic E-state index is 14.1. The second-order valence-electron chi connectivity index (χ2n) is 7.87. The van der Waals surface area contributed by atoms with Gasteiger partial charge in [0.2, 0.25) is 0 Å². The summed E-state index contributed by atoms with van der Waals surface area (Å²) < 4.78 is 54.1. The number of likely N-dealkylation sites (tertiary alicyclic amines) is 1. The molecule has 1 fully saturated rings. The lowest BCUT2D eigenvalue weighted by Gasteiger charge is -2.22. The molecule has 4 rings (SSSR count). The molecule has 180 valence electrons. The van der Waals surface area contributed by atoms with Crippen molar-refractivity contribution in [2.75, 3.05) is 11.9 Å². The van der Waals surface area contributed by atoms with E-state index >= 15 is 0 Å². The SMILES string of the molecule is CCC1CCCN1Cc1sc(NC(=O)c2cnc(Cl)cn2)nc1-c1cc(F)cc(C(F)(F)F)c1. The molecule has 1 saturated heterocycles. The van der Waals surface area contributed by atoms with Gasteiger partial charge in [0, 0.05) is 23.0 Å². The van der Waals surface area contributed by atoms with Crippen LogP contribution in [-0.4, -0.2) is 38.3 Å². The topological polar surface area (TPSA) is 71.0 Å². The van der Waals surface area contributed by atoms with Crippen molar-refractivity contribution in [2.45, 2.75) is 44.9 Å². The molecule has 1 atom stereocenters. The summed E-state index contributed by atoms with van der Waals surface area (Å²) in [5.41, 5.74) is -0.902. The first-order valence-electron chi connectivity index (χ1n) is 10.5. The van der Waals surface area contributed by atoms with Crippen molar-refractivity contribution in [3.63, 3.8) is 0 Å². The number of anilines is 1. The van der Waals surface area contributed by atoms with Gasteiger partial charge in [0.15, 0.2) is 5.13 Å². The van der Waals surface area contributed by atoms with Gasteiger partial charge in [-0.2, -0.15) is 13.2 Å². The molecular formula is C22H20ClF4N5OS. The van der Waals surface area contributed by atoms with Crippen LogP contribution in [0.25, 0.3) is 11.3 Å². The fourth-order valence-electron chi connectivity index (χ4n) is 3.97. The molecule has 1 unspecified atom stereocenters. The highest BCUT2D eigenvalue weighted by atomic mass is 35.5. The average Bonchev–Trinajstić information content (AvgIpc) is 3.40. The number of benzene rings is 1. The number of aromatic nitrogens is 3. The van der Waals surface area contributed by atoms with E-state index in [0.29, 0.717) is 23.5 Å². The van der Waals surface area contributed by atoms with Crippen LogP contribution >= 0.6 is 22.9 Å². The summed E-state index contributed by atoms with van der Waals surface area (Å²) in [6.07, 6.45) is 0.695. The number of rotatable bonds is 6. The predicted molar refractivity (Wildman–Crippen MR) is 121 cm³/mol. The van der Waals surface area contributed by atoms with Crippen LogP contribution in [0.3, 0.4) is 0 Å². The maximum Gasteiger partial charge on any atom is 0.416 e. The number of hydrogen-bond acceptors (Lipinski definition) is 6. The number of carbonyl (C=O) groups excluding carboxylic acids is 1. The molecule has 6 nitrogen and oxygen atoms in total. The lowest BCUT2D eigenvalue weighted by molar-refractivity contribution is -0.137. The Kier molecular flexibility index (Phi) is 7.15. The third kappa shape index (κ3) is 5.53. The van der Waals surface area contributed by atoms with Gasteiger partial charge in [-0.25, -0.2) is 19.3 Å². The molecule has 1 amide bonds. The van der Waals surface area contributed by atoms with Gasteiger partial charge in [-0.3, -0.25) is 15.0 Å². The van der Waals surface area contributed by atoms with Crippen molar-refractivity contribution in [2.24, 2.45) is 0 Å². The first-order chi connectivity index (χ1) is 16.1. The zero-order valence-electron chi connectivity index (χ0n) is 18.0. The summed E-state index contributed by atoms with van der Waals surface area (Å²) >= 11 is 6.84. The molecule has 1 N–H and O–H groups in total. The van der Waals surface area contributed by atoms with Crippen LogP contribution in [0.5, 0.6) is 0 Å². The molecule has 0 saturated carbocycles. The summed E-state index contributed by atoms with van der Waals surface area (Å²) in [4.78, 5) is 27.5. The van der Waals surface area contributed by atoms with Crippen molar-refractivity contribution in [1.82, 2.24) is 19.9 Å². The monoisotopic (exact) mass is 513 g/mol. The average molecular weight is 514 g/mol. The van der Waals surface area contributed by atoms with E-state index in [1.54, 1.807) is 0 Å². The van der Waals surface area contributed by atoms with Crippen LogP contribution < -0.4 is 5.32 Å². The van der Waals surface area contributed by atoms with Gasteiger partial charge in [-0.15, -0.1) is 0 Å². The second-order valence-corrected chi connectivity index (χ2v) is 9.34. The molecule has 1 aromatic carbocycles. The summed E-state index contributed by atoms with van der Waals surface area (Å²) in [6.45, 7) is 3.35. The van der Waals surface area contributed by atoms with E-state index < -0.39 is 23.5 Å². The van der Waals surface area contributed by atoms with Crippen LogP contribution in [-0.2, 0) is 12.7 Å². The minimum atomic E-state index is -4.71. The second kappa shape index (κ2) is 9.93. The normalized spacial score (nSPS) is 16.7. The molecule has 3 heterocycles. The molecule has 12 heteroatoms. The van der Waals surface area contributed by atoms with Crippen LogP contribution in [0, 0.1) is 5.82 Å². The number of alkyl halides is 3. The molecule has 2 aromatic heterocycles. The van der Waals surface area contributed by atoms with Crippen molar-refractivity contribution in [1.29, 1.82) is 0 Å². The molecule has 0 spiro atoms. The van der Waals surface area contributed by atoms with E-state index in [1.807, 2.05) is 0 Å². The van der Waals surface area contributed by atoms with Crippen LogP contribution in [0.4, 0.5) is 22.7 Å². The molecule has 34 heavy (non-hydrogen) atoms. The Labute approximate surface area is 202 Å². The predicted octanol–water partition coefficient (Wildman–Crippen LogP) is 6.04. The van der Waals surface area contributed by atoms with Gasteiger partial charge in [-0.05, 0) is 44.0 Å². The summed E-state index contributed by atoms with van der Waals surface area (Å²) in [5, 5.41) is 2.89. The van der Waals surface area contributed by atoms with Crippen LogP contribution in [0.2, 0.25) is 5.15 Å². The van der Waals surface area contributed by atoms with E-state index in [4.69, 9.17) is 11.6 Å². The first-order valence-corrected chi connectivity index (χ1v) is 11.7. The third-order valence-electron chi connectivity index (χ3n) is 5.59. The molecule has 1 aliphatic rings. The Morgan fingerprint density at radius 1 is 1.26 bits per heavy atom. The fraction of sp³-hybridized carbons (Fsp3) is 0.364. The quantitative estimate of drug-likeness (QED) is 0.407. The fourth-order valence-corrected chi connectivity index (χ4v) is 5.07. The summed E-state index contributed by atoms with van der Waals surface area (Å²) in [7, 11) is 0. The standard InChI is InChI=1S/C22H20ClF4N5OS/c1-2-15-4-3-5-32(15)11-17-19(12-6-13(22(25,26)27)8-14(24)7-12)30-21(34-17)31-20(33)16-9-29-18(23)10-28-16/h6-10,15H,2-5,11H2,1H3,(H,30,31,33). The number of amides is 1. The lowest BCUT2D eigenvalue weighted by atomic mass is 10.1. The summed E-state index contributed by atoms with van der Waals surface area (Å²) in [5.74, 6) is -1.61. The number of halogens is 5. The van der Waals surface area contributed by atoms with E-state index in [9.17, 15) is 22.4 Å². The Bertz CT molecular complexity index is 1190. The van der Waals surface area contributed by atoms with Crippen molar-refractivity contribution < 1.29 is 22.4 Å². The van der Waals surface area contributed by atoms with E-state index in [0.717, 1.165) is 49.3 Å².